The van der Waals surface area contributed by atoms with Gasteiger partial charge in [-0.3, -0.25) is 14.9 Å². The predicted octanol–water partition coefficient (Wildman–Crippen LogP) is 3.67. The fourth-order valence-corrected chi connectivity index (χ4v) is 3.47. The minimum atomic E-state index is -0.777. The first-order chi connectivity index (χ1) is 17.5. The SMILES string of the molecule is COc1ccc(-c2nn(-c3ccccc3)cc2C(=O)OCC(=O)NC(=O)c2ccccc2OC)cc1. The lowest BCUT2D eigenvalue weighted by Crippen LogP contribution is -2.34. The number of methoxy groups -OCH3 is 2. The van der Waals surface area contributed by atoms with Gasteiger partial charge >= 0.3 is 5.97 Å². The molecule has 0 bridgehead atoms. The number of benzene rings is 3. The Morgan fingerprint density at radius 1 is 0.833 bits per heavy atom. The molecule has 0 saturated carbocycles. The molecule has 3 aromatic carbocycles. The van der Waals surface area contributed by atoms with E-state index in [0.29, 0.717) is 22.8 Å². The van der Waals surface area contributed by atoms with Crippen molar-refractivity contribution in [2.24, 2.45) is 0 Å². The number of nitrogens with zero attached hydrogens (tertiary/aromatic N) is 2. The molecule has 0 spiro atoms. The summed E-state index contributed by atoms with van der Waals surface area (Å²) in [4.78, 5) is 37.7. The van der Waals surface area contributed by atoms with Crippen LogP contribution in [0.25, 0.3) is 16.9 Å². The van der Waals surface area contributed by atoms with Crippen molar-refractivity contribution in [2.45, 2.75) is 0 Å². The maximum atomic E-state index is 13.0. The van der Waals surface area contributed by atoms with E-state index in [1.54, 1.807) is 54.3 Å². The molecule has 1 aromatic heterocycles. The quantitative estimate of drug-likeness (QED) is 0.379. The molecule has 0 atom stereocenters. The van der Waals surface area contributed by atoms with Gasteiger partial charge in [0.15, 0.2) is 6.61 Å². The fourth-order valence-electron chi connectivity index (χ4n) is 3.47. The zero-order valence-electron chi connectivity index (χ0n) is 19.6. The van der Waals surface area contributed by atoms with Gasteiger partial charge in [0.05, 0.1) is 25.5 Å². The van der Waals surface area contributed by atoms with Crippen LogP contribution < -0.4 is 14.8 Å². The Balaban J connectivity index is 1.52. The van der Waals surface area contributed by atoms with Crippen LogP contribution in [-0.4, -0.2) is 48.4 Å². The molecule has 0 radical (unpaired) electrons. The first kappa shape index (κ1) is 24.2. The third kappa shape index (κ3) is 5.41. The van der Waals surface area contributed by atoms with Crippen LogP contribution in [0, 0.1) is 0 Å². The Kier molecular flexibility index (Phi) is 7.40. The Morgan fingerprint density at radius 2 is 1.53 bits per heavy atom. The molecule has 4 rings (SSSR count). The smallest absolute Gasteiger partial charge is 0.342 e. The van der Waals surface area contributed by atoms with Gasteiger partial charge in [0.25, 0.3) is 11.8 Å². The molecule has 9 heteroatoms. The highest BCUT2D eigenvalue weighted by Crippen LogP contribution is 2.26. The summed E-state index contributed by atoms with van der Waals surface area (Å²) in [5, 5.41) is 6.77. The molecule has 36 heavy (non-hydrogen) atoms. The molecule has 0 aliphatic carbocycles. The molecule has 1 heterocycles. The second-order valence-corrected chi connectivity index (χ2v) is 7.55. The van der Waals surface area contributed by atoms with Gasteiger partial charge in [0.2, 0.25) is 0 Å². The summed E-state index contributed by atoms with van der Waals surface area (Å²) in [6.07, 6.45) is 1.54. The highest BCUT2D eigenvalue weighted by atomic mass is 16.5. The number of rotatable bonds is 8. The number of carbonyl (C=O) groups is 3. The van der Waals surface area contributed by atoms with Gasteiger partial charge in [0, 0.05) is 11.8 Å². The number of carbonyl (C=O) groups excluding carboxylic acids is 3. The van der Waals surface area contributed by atoms with E-state index in [2.05, 4.69) is 10.4 Å². The van der Waals surface area contributed by atoms with Crippen LogP contribution in [0.4, 0.5) is 0 Å². The summed E-state index contributed by atoms with van der Waals surface area (Å²) in [5.41, 5.74) is 2.12. The van der Waals surface area contributed by atoms with Gasteiger partial charge in [-0.05, 0) is 48.5 Å². The molecule has 1 N–H and O–H groups in total. The normalized spacial score (nSPS) is 10.4. The number of esters is 1. The van der Waals surface area contributed by atoms with Crippen molar-refractivity contribution in [1.82, 2.24) is 15.1 Å². The van der Waals surface area contributed by atoms with Crippen molar-refractivity contribution in [3.8, 4) is 28.4 Å². The van der Waals surface area contributed by atoms with E-state index in [4.69, 9.17) is 14.2 Å². The van der Waals surface area contributed by atoms with Crippen molar-refractivity contribution >= 4 is 17.8 Å². The van der Waals surface area contributed by atoms with Crippen LogP contribution in [0.2, 0.25) is 0 Å². The first-order valence-corrected chi connectivity index (χ1v) is 10.9. The van der Waals surface area contributed by atoms with Crippen LogP contribution >= 0.6 is 0 Å². The van der Waals surface area contributed by atoms with Crippen molar-refractivity contribution in [3.63, 3.8) is 0 Å². The highest BCUT2D eigenvalue weighted by Gasteiger charge is 2.22. The van der Waals surface area contributed by atoms with Crippen LogP contribution in [0.3, 0.4) is 0 Å². The minimum Gasteiger partial charge on any atom is -0.497 e. The second kappa shape index (κ2) is 11.0. The third-order valence-electron chi connectivity index (χ3n) is 5.26. The standard InChI is InChI=1S/C27H23N3O6/c1-34-20-14-12-18(13-15-20)25-22(16-30(29-25)19-8-4-3-5-9-19)27(33)36-17-24(31)28-26(32)21-10-6-7-11-23(21)35-2/h3-16H,17H2,1-2H3,(H,28,31,32). The van der Waals surface area contributed by atoms with E-state index in [1.807, 2.05) is 30.3 Å². The van der Waals surface area contributed by atoms with Gasteiger partial charge < -0.3 is 14.2 Å². The lowest BCUT2D eigenvalue weighted by molar-refractivity contribution is -0.123. The third-order valence-corrected chi connectivity index (χ3v) is 5.26. The summed E-state index contributed by atoms with van der Waals surface area (Å²) in [6.45, 7) is -0.654. The van der Waals surface area contributed by atoms with Crippen molar-refractivity contribution in [2.75, 3.05) is 20.8 Å². The van der Waals surface area contributed by atoms with Gasteiger partial charge in [-0.25, -0.2) is 9.48 Å². The van der Waals surface area contributed by atoms with Crippen LogP contribution in [-0.2, 0) is 9.53 Å². The molecule has 182 valence electrons. The lowest BCUT2D eigenvalue weighted by atomic mass is 10.1. The number of para-hydroxylation sites is 2. The van der Waals surface area contributed by atoms with E-state index in [9.17, 15) is 14.4 Å². The van der Waals surface area contributed by atoms with Crippen LogP contribution in [0.15, 0.2) is 85.1 Å². The maximum Gasteiger partial charge on any atom is 0.342 e. The second-order valence-electron chi connectivity index (χ2n) is 7.55. The van der Waals surface area contributed by atoms with E-state index in [1.165, 1.54) is 19.4 Å². The van der Waals surface area contributed by atoms with Crippen molar-refractivity contribution in [1.29, 1.82) is 0 Å². The van der Waals surface area contributed by atoms with Gasteiger partial charge in [-0.1, -0.05) is 30.3 Å². The predicted molar refractivity (Wildman–Crippen MR) is 131 cm³/mol. The summed E-state index contributed by atoms with van der Waals surface area (Å²) in [7, 11) is 2.98. The van der Waals surface area contributed by atoms with Crippen molar-refractivity contribution in [3.05, 3.63) is 96.2 Å². The van der Waals surface area contributed by atoms with E-state index in [-0.39, 0.29) is 11.1 Å². The molecule has 0 fully saturated rings. The largest absolute Gasteiger partial charge is 0.497 e. The lowest BCUT2D eigenvalue weighted by Gasteiger charge is -2.09. The molecule has 9 nitrogen and oxygen atoms in total. The molecular formula is C27H23N3O6. The number of amides is 2. The van der Waals surface area contributed by atoms with E-state index < -0.39 is 24.4 Å². The maximum absolute atomic E-state index is 13.0. The topological polar surface area (TPSA) is 109 Å². The van der Waals surface area contributed by atoms with E-state index >= 15 is 0 Å². The average Bonchev–Trinajstić information content (AvgIpc) is 3.38. The molecule has 2 amide bonds. The first-order valence-electron chi connectivity index (χ1n) is 10.9. The summed E-state index contributed by atoms with van der Waals surface area (Å²) in [6, 6.07) is 22.8. The van der Waals surface area contributed by atoms with Crippen LogP contribution in [0.1, 0.15) is 20.7 Å². The summed E-state index contributed by atoms with van der Waals surface area (Å²) < 4.78 is 17.1. The van der Waals surface area contributed by atoms with Gasteiger partial charge in [-0.2, -0.15) is 5.10 Å². The zero-order chi connectivity index (χ0) is 25.5. The van der Waals surface area contributed by atoms with E-state index in [0.717, 1.165) is 5.69 Å². The molecular weight excluding hydrogens is 462 g/mol. The Morgan fingerprint density at radius 3 is 2.22 bits per heavy atom. The summed E-state index contributed by atoms with van der Waals surface area (Å²) >= 11 is 0. The summed E-state index contributed by atoms with van der Waals surface area (Å²) in [5.74, 6) is -1.23. The Labute approximate surface area is 207 Å². The molecule has 0 saturated heterocycles. The Bertz CT molecular complexity index is 1380. The number of nitrogens with one attached hydrogen (secondary N) is 1. The molecule has 0 aliphatic heterocycles. The van der Waals surface area contributed by atoms with Crippen LogP contribution in [0.5, 0.6) is 11.5 Å². The molecule has 0 aliphatic rings. The van der Waals surface area contributed by atoms with Gasteiger partial charge in [-0.15, -0.1) is 0 Å². The molecule has 4 aromatic rings. The zero-order valence-corrected chi connectivity index (χ0v) is 19.6. The number of hydrogen-bond donors (Lipinski definition) is 1. The number of aromatic nitrogens is 2. The molecule has 0 unspecified atom stereocenters. The number of imide groups is 1. The minimum absolute atomic E-state index is 0.160. The fraction of sp³-hybridized carbons (Fsp3) is 0.111. The number of ether oxygens (including phenoxy) is 3. The van der Waals surface area contributed by atoms with Crippen molar-refractivity contribution < 1.29 is 28.6 Å². The Hall–Kier alpha value is -4.92. The monoisotopic (exact) mass is 485 g/mol. The number of hydrogen-bond acceptors (Lipinski definition) is 7. The van der Waals surface area contributed by atoms with Gasteiger partial charge in [0.1, 0.15) is 22.8 Å². The highest BCUT2D eigenvalue weighted by molar-refractivity contribution is 6.07. The average molecular weight is 485 g/mol.